The van der Waals surface area contributed by atoms with E-state index in [1.165, 1.54) is 0 Å². The van der Waals surface area contributed by atoms with Crippen LogP contribution in [0.4, 0.5) is 0 Å². The van der Waals surface area contributed by atoms with Crippen LogP contribution in [0.1, 0.15) is 6.42 Å². The molecule has 0 radical (unpaired) electrons. The highest BCUT2D eigenvalue weighted by Crippen LogP contribution is 2.03. The maximum atomic E-state index is 10.3. The molecule has 1 atom stereocenters. The van der Waals surface area contributed by atoms with Gasteiger partial charge < -0.3 is 14.4 Å². The Bertz CT molecular complexity index is 227. The number of azide groups is 1. The summed E-state index contributed by atoms with van der Waals surface area (Å²) in [7, 11) is 5.69. The van der Waals surface area contributed by atoms with Gasteiger partial charge in [-0.1, -0.05) is 5.11 Å². The molecule has 0 rings (SSSR count). The standard InChI is InChI=1S/C7H14N4O2/c1-11(2,3)5-6(9-10-8)4-7(12)13/h6H,4-5H2,1-3H3/t6-/m1/s1. The minimum Gasteiger partial charge on any atom is -0.550 e. The summed E-state index contributed by atoms with van der Waals surface area (Å²) in [5, 5.41) is 13.7. The van der Waals surface area contributed by atoms with Crippen molar-refractivity contribution in [2.75, 3.05) is 27.7 Å². The van der Waals surface area contributed by atoms with Gasteiger partial charge in [-0.3, -0.25) is 0 Å². The lowest BCUT2D eigenvalue weighted by molar-refractivity contribution is -0.871. The summed E-state index contributed by atoms with van der Waals surface area (Å²) in [4.78, 5) is 12.9. The van der Waals surface area contributed by atoms with Gasteiger partial charge in [-0.15, -0.1) is 0 Å². The van der Waals surface area contributed by atoms with E-state index in [0.29, 0.717) is 11.0 Å². The van der Waals surface area contributed by atoms with Gasteiger partial charge in [0.05, 0.1) is 33.7 Å². The Labute approximate surface area is 77.0 Å². The predicted octanol–water partition coefficient (Wildman–Crippen LogP) is -0.488. The van der Waals surface area contributed by atoms with Crippen molar-refractivity contribution in [2.24, 2.45) is 5.11 Å². The monoisotopic (exact) mass is 186 g/mol. The third-order valence-electron chi connectivity index (χ3n) is 1.38. The van der Waals surface area contributed by atoms with E-state index in [0.717, 1.165) is 0 Å². The van der Waals surface area contributed by atoms with Crippen molar-refractivity contribution >= 4 is 5.97 Å². The Morgan fingerprint density at radius 2 is 2.15 bits per heavy atom. The van der Waals surface area contributed by atoms with E-state index in [2.05, 4.69) is 10.0 Å². The Morgan fingerprint density at radius 1 is 1.62 bits per heavy atom. The average Bonchev–Trinajstić information content (AvgIpc) is 1.81. The third kappa shape index (κ3) is 7.11. The van der Waals surface area contributed by atoms with E-state index in [1.807, 2.05) is 21.1 Å². The number of quaternary nitrogens is 1. The van der Waals surface area contributed by atoms with Gasteiger partial charge in [-0.05, 0) is 5.53 Å². The summed E-state index contributed by atoms with van der Waals surface area (Å²) >= 11 is 0. The number of nitrogens with zero attached hydrogens (tertiary/aromatic N) is 4. The fourth-order valence-corrected chi connectivity index (χ4v) is 1.04. The summed E-state index contributed by atoms with van der Waals surface area (Å²) < 4.78 is 0.553. The predicted molar refractivity (Wildman–Crippen MR) is 45.5 cm³/mol. The fraction of sp³-hybridized carbons (Fsp3) is 0.857. The maximum absolute atomic E-state index is 10.3. The minimum atomic E-state index is -1.19. The lowest BCUT2D eigenvalue weighted by Crippen LogP contribution is -2.42. The van der Waals surface area contributed by atoms with E-state index >= 15 is 0 Å². The molecule has 0 aromatic rings. The number of hydrogen-bond donors (Lipinski definition) is 0. The third-order valence-corrected chi connectivity index (χ3v) is 1.38. The summed E-state index contributed by atoms with van der Waals surface area (Å²) in [6, 6.07) is -0.532. The smallest absolute Gasteiger partial charge is 0.0916 e. The van der Waals surface area contributed by atoms with Crippen LogP contribution >= 0.6 is 0 Å². The van der Waals surface area contributed by atoms with Crippen LogP contribution in [0.25, 0.3) is 10.4 Å². The van der Waals surface area contributed by atoms with Crippen molar-refractivity contribution in [3.8, 4) is 0 Å². The lowest BCUT2D eigenvalue weighted by atomic mass is 10.2. The van der Waals surface area contributed by atoms with Gasteiger partial charge in [0, 0.05) is 17.3 Å². The lowest BCUT2D eigenvalue weighted by Gasteiger charge is -2.27. The van der Waals surface area contributed by atoms with Crippen LogP contribution in [0.2, 0.25) is 0 Å². The molecule has 0 aliphatic heterocycles. The van der Waals surface area contributed by atoms with Crippen molar-refractivity contribution in [1.29, 1.82) is 0 Å². The largest absolute Gasteiger partial charge is 0.550 e. The van der Waals surface area contributed by atoms with Crippen LogP contribution in [0.15, 0.2) is 5.11 Å². The number of likely N-dealkylation sites (N-methyl/N-ethyl adjacent to an activating group) is 1. The summed E-state index contributed by atoms with van der Waals surface area (Å²) in [5.41, 5.74) is 8.18. The molecule has 0 spiro atoms. The van der Waals surface area contributed by atoms with Crippen LogP contribution in [-0.4, -0.2) is 44.2 Å². The Balaban J connectivity index is 4.26. The molecule has 0 bridgehead atoms. The number of carbonyl (C=O) groups excluding carboxylic acids is 1. The first-order valence-corrected chi connectivity index (χ1v) is 3.89. The van der Waals surface area contributed by atoms with Gasteiger partial charge in [-0.25, -0.2) is 0 Å². The van der Waals surface area contributed by atoms with Gasteiger partial charge in [-0.2, -0.15) is 0 Å². The zero-order valence-corrected chi connectivity index (χ0v) is 8.10. The first-order valence-electron chi connectivity index (χ1n) is 3.89. The molecule has 0 heterocycles. The van der Waals surface area contributed by atoms with Crippen LogP contribution < -0.4 is 5.11 Å². The molecule has 13 heavy (non-hydrogen) atoms. The second-order valence-corrected chi connectivity index (χ2v) is 3.91. The molecule has 74 valence electrons. The molecule has 0 amide bonds. The van der Waals surface area contributed by atoms with Gasteiger partial charge in [0.1, 0.15) is 0 Å². The first kappa shape index (κ1) is 11.7. The Morgan fingerprint density at radius 3 is 2.46 bits per heavy atom. The first-order chi connectivity index (χ1) is 5.85. The molecule has 6 heteroatoms. The van der Waals surface area contributed by atoms with E-state index in [4.69, 9.17) is 5.53 Å². The zero-order valence-electron chi connectivity index (χ0n) is 8.10. The highest BCUT2D eigenvalue weighted by molar-refractivity contribution is 5.65. The van der Waals surface area contributed by atoms with E-state index in [1.54, 1.807) is 0 Å². The number of carbonyl (C=O) groups is 1. The molecule has 0 aromatic heterocycles. The van der Waals surface area contributed by atoms with Crippen molar-refractivity contribution in [1.82, 2.24) is 0 Å². The molecule has 0 aromatic carbocycles. The number of carboxylic acid groups (broad SMARTS) is 1. The average molecular weight is 186 g/mol. The molecule has 0 aliphatic rings. The van der Waals surface area contributed by atoms with Gasteiger partial charge in [0.15, 0.2) is 0 Å². The number of rotatable bonds is 5. The summed E-state index contributed by atoms with van der Waals surface area (Å²) in [6.45, 7) is 0.484. The fourth-order valence-electron chi connectivity index (χ4n) is 1.04. The van der Waals surface area contributed by atoms with Gasteiger partial charge in [0.2, 0.25) is 0 Å². The van der Waals surface area contributed by atoms with E-state index in [-0.39, 0.29) is 6.42 Å². The zero-order chi connectivity index (χ0) is 10.5. The molecular weight excluding hydrogens is 172 g/mol. The van der Waals surface area contributed by atoms with Gasteiger partial charge >= 0.3 is 0 Å². The molecule has 0 saturated heterocycles. The highest BCUT2D eigenvalue weighted by Gasteiger charge is 2.16. The SMILES string of the molecule is C[N+](C)(C)C[C@@H](CC(=O)[O-])N=[N+]=[N-]. The van der Waals surface area contributed by atoms with Crippen molar-refractivity contribution in [2.45, 2.75) is 12.5 Å². The maximum Gasteiger partial charge on any atom is 0.0916 e. The van der Waals surface area contributed by atoms with Crippen molar-refractivity contribution in [3.05, 3.63) is 10.4 Å². The second kappa shape index (κ2) is 4.69. The Hall–Kier alpha value is -1.26. The molecular formula is C7H14N4O2. The Kier molecular flexibility index (Phi) is 4.23. The number of aliphatic carboxylic acids is 1. The molecule has 0 fully saturated rings. The molecule has 0 unspecified atom stereocenters. The highest BCUT2D eigenvalue weighted by atomic mass is 16.4. The van der Waals surface area contributed by atoms with Crippen LogP contribution in [0.5, 0.6) is 0 Å². The number of hydrogen-bond acceptors (Lipinski definition) is 3. The van der Waals surface area contributed by atoms with Crippen molar-refractivity contribution < 1.29 is 14.4 Å². The van der Waals surface area contributed by atoms with Crippen LogP contribution in [0.3, 0.4) is 0 Å². The minimum absolute atomic E-state index is 0.223. The quantitative estimate of drug-likeness (QED) is 0.251. The van der Waals surface area contributed by atoms with Gasteiger partial charge in [0.25, 0.3) is 0 Å². The van der Waals surface area contributed by atoms with E-state index < -0.39 is 12.0 Å². The second-order valence-electron chi connectivity index (χ2n) is 3.91. The topological polar surface area (TPSA) is 88.9 Å². The van der Waals surface area contributed by atoms with Crippen molar-refractivity contribution in [3.63, 3.8) is 0 Å². The molecule has 0 saturated carbocycles. The summed E-state index contributed by atoms with van der Waals surface area (Å²) in [5.74, 6) is -1.19. The molecule has 0 N–H and O–H groups in total. The number of carboxylic acids is 1. The normalized spacial score (nSPS) is 13.2. The molecule has 0 aliphatic carbocycles. The summed E-state index contributed by atoms with van der Waals surface area (Å²) in [6.07, 6.45) is -0.223. The van der Waals surface area contributed by atoms with E-state index in [9.17, 15) is 9.90 Å². The molecule has 6 nitrogen and oxygen atoms in total. The van der Waals surface area contributed by atoms with Crippen LogP contribution in [0, 0.1) is 0 Å². The van der Waals surface area contributed by atoms with Crippen LogP contribution in [-0.2, 0) is 4.79 Å².